The summed E-state index contributed by atoms with van der Waals surface area (Å²) in [6.07, 6.45) is 0. The molecule has 0 spiro atoms. The minimum absolute atomic E-state index is 0.344. The van der Waals surface area contributed by atoms with Gasteiger partial charge in [0.1, 0.15) is 6.04 Å². The molecule has 0 saturated carbocycles. The van der Waals surface area contributed by atoms with Gasteiger partial charge in [0.25, 0.3) is 5.91 Å². The standard InChI is InChI=1S/C12H13N3O3S/c1-6(11(17)18)15(2)10(16)7-3-4-8-9(5-7)19-12(13)14-8/h3-6H,1-2H3,(H2,13,14)(H,17,18). The zero-order valence-electron chi connectivity index (χ0n) is 10.5. The Morgan fingerprint density at radius 2 is 2.16 bits per heavy atom. The van der Waals surface area contributed by atoms with Crippen molar-refractivity contribution in [1.29, 1.82) is 0 Å². The van der Waals surface area contributed by atoms with Gasteiger partial charge in [-0.05, 0) is 25.1 Å². The second kappa shape index (κ2) is 4.85. The molecule has 1 atom stereocenters. The average molecular weight is 279 g/mol. The maximum atomic E-state index is 12.2. The smallest absolute Gasteiger partial charge is 0.326 e. The number of carbonyl (C=O) groups excluding carboxylic acids is 1. The van der Waals surface area contributed by atoms with Gasteiger partial charge in [0.2, 0.25) is 0 Å². The van der Waals surface area contributed by atoms with E-state index in [0.717, 1.165) is 10.2 Å². The molecule has 0 aliphatic heterocycles. The first kappa shape index (κ1) is 13.3. The lowest BCUT2D eigenvalue weighted by Crippen LogP contribution is -2.40. The van der Waals surface area contributed by atoms with E-state index in [1.165, 1.54) is 30.2 Å². The molecule has 0 radical (unpaired) electrons. The molecule has 0 aliphatic carbocycles. The number of fused-ring (bicyclic) bond motifs is 1. The predicted molar refractivity (Wildman–Crippen MR) is 73.2 cm³/mol. The van der Waals surface area contributed by atoms with Crippen molar-refractivity contribution in [3.8, 4) is 0 Å². The lowest BCUT2D eigenvalue weighted by Gasteiger charge is -2.21. The summed E-state index contributed by atoms with van der Waals surface area (Å²) in [7, 11) is 1.46. The number of nitrogens with zero attached hydrogens (tertiary/aromatic N) is 2. The number of hydrogen-bond acceptors (Lipinski definition) is 5. The minimum atomic E-state index is -1.04. The first-order chi connectivity index (χ1) is 8.90. The van der Waals surface area contributed by atoms with Crippen molar-refractivity contribution in [1.82, 2.24) is 9.88 Å². The molecular formula is C12H13N3O3S. The summed E-state index contributed by atoms with van der Waals surface area (Å²) in [6, 6.07) is 4.12. The SMILES string of the molecule is CC(C(=O)O)N(C)C(=O)c1ccc2nc(N)sc2c1. The van der Waals surface area contributed by atoms with E-state index in [1.807, 2.05) is 0 Å². The number of nitrogens with two attached hydrogens (primary N) is 1. The summed E-state index contributed by atoms with van der Waals surface area (Å²) in [5.74, 6) is -1.39. The van der Waals surface area contributed by atoms with Gasteiger partial charge in [0.05, 0.1) is 10.2 Å². The van der Waals surface area contributed by atoms with Crippen LogP contribution in [0.4, 0.5) is 5.13 Å². The number of hydrogen-bond donors (Lipinski definition) is 2. The van der Waals surface area contributed by atoms with Crippen LogP contribution in [0.1, 0.15) is 17.3 Å². The van der Waals surface area contributed by atoms with Gasteiger partial charge in [-0.15, -0.1) is 0 Å². The first-order valence-corrected chi connectivity index (χ1v) is 6.38. The van der Waals surface area contributed by atoms with E-state index in [4.69, 9.17) is 10.8 Å². The monoisotopic (exact) mass is 279 g/mol. The Kier molecular flexibility index (Phi) is 3.39. The van der Waals surface area contributed by atoms with Gasteiger partial charge in [-0.3, -0.25) is 4.79 Å². The summed E-state index contributed by atoms with van der Waals surface area (Å²) in [6.45, 7) is 1.46. The molecule has 1 unspecified atom stereocenters. The lowest BCUT2D eigenvalue weighted by atomic mass is 10.1. The lowest BCUT2D eigenvalue weighted by molar-refractivity contribution is -0.141. The van der Waals surface area contributed by atoms with E-state index in [0.29, 0.717) is 10.7 Å². The molecule has 3 N–H and O–H groups in total. The third-order valence-electron chi connectivity index (χ3n) is 2.91. The quantitative estimate of drug-likeness (QED) is 0.885. The number of rotatable bonds is 3. The second-order valence-corrected chi connectivity index (χ2v) is 5.23. The van der Waals surface area contributed by atoms with Gasteiger partial charge in [0.15, 0.2) is 5.13 Å². The van der Waals surface area contributed by atoms with E-state index in [9.17, 15) is 9.59 Å². The van der Waals surface area contributed by atoms with E-state index < -0.39 is 12.0 Å². The number of carboxylic acid groups (broad SMARTS) is 1. The van der Waals surface area contributed by atoms with E-state index in [2.05, 4.69) is 4.98 Å². The highest BCUT2D eigenvalue weighted by Gasteiger charge is 2.23. The van der Waals surface area contributed by atoms with E-state index in [1.54, 1.807) is 18.2 Å². The number of anilines is 1. The van der Waals surface area contributed by atoms with Crippen molar-refractivity contribution >= 4 is 38.6 Å². The summed E-state index contributed by atoms with van der Waals surface area (Å²) >= 11 is 1.29. The summed E-state index contributed by atoms with van der Waals surface area (Å²) in [5, 5.41) is 9.34. The third kappa shape index (κ3) is 2.50. The first-order valence-electron chi connectivity index (χ1n) is 5.56. The molecule has 1 aromatic carbocycles. The molecule has 6 nitrogen and oxygen atoms in total. The van der Waals surface area contributed by atoms with E-state index in [-0.39, 0.29) is 5.91 Å². The molecule has 0 aliphatic rings. The fourth-order valence-electron chi connectivity index (χ4n) is 1.62. The number of thiazole rings is 1. The molecule has 0 saturated heterocycles. The van der Waals surface area contributed by atoms with Crippen LogP contribution in [0.5, 0.6) is 0 Å². The Labute approximate surface area is 113 Å². The van der Waals surface area contributed by atoms with Crippen LogP contribution in [0.3, 0.4) is 0 Å². The van der Waals surface area contributed by atoms with Crippen molar-refractivity contribution in [3.05, 3.63) is 23.8 Å². The molecule has 2 rings (SSSR count). The van der Waals surface area contributed by atoms with Gasteiger partial charge >= 0.3 is 5.97 Å². The van der Waals surface area contributed by atoms with E-state index >= 15 is 0 Å². The predicted octanol–water partition coefficient (Wildman–Crippen LogP) is 1.42. The van der Waals surface area contributed by atoms with Gasteiger partial charge in [0, 0.05) is 12.6 Å². The van der Waals surface area contributed by atoms with Crippen LogP contribution in [0.25, 0.3) is 10.2 Å². The van der Waals surface area contributed by atoms with Gasteiger partial charge < -0.3 is 15.7 Å². The molecule has 0 fully saturated rings. The summed E-state index contributed by atoms with van der Waals surface area (Å²) in [5.41, 5.74) is 6.75. The largest absolute Gasteiger partial charge is 0.480 e. The van der Waals surface area contributed by atoms with Crippen molar-refractivity contribution in [2.24, 2.45) is 0 Å². The molecule has 1 aromatic heterocycles. The number of amides is 1. The van der Waals surface area contributed by atoms with Gasteiger partial charge in [-0.25, -0.2) is 9.78 Å². The zero-order valence-corrected chi connectivity index (χ0v) is 11.3. The average Bonchev–Trinajstić information content (AvgIpc) is 2.74. The molecule has 19 heavy (non-hydrogen) atoms. The van der Waals surface area contributed by atoms with Crippen LogP contribution >= 0.6 is 11.3 Å². The summed E-state index contributed by atoms with van der Waals surface area (Å²) in [4.78, 5) is 28.3. The number of benzene rings is 1. The molecule has 100 valence electrons. The number of aromatic nitrogens is 1. The zero-order chi connectivity index (χ0) is 14.2. The van der Waals surface area contributed by atoms with Crippen LogP contribution in [-0.2, 0) is 4.79 Å². The van der Waals surface area contributed by atoms with Crippen molar-refractivity contribution in [2.75, 3.05) is 12.8 Å². The molecule has 0 bridgehead atoms. The van der Waals surface area contributed by atoms with Crippen LogP contribution in [0.15, 0.2) is 18.2 Å². The van der Waals surface area contributed by atoms with Crippen LogP contribution in [-0.4, -0.2) is 40.0 Å². The van der Waals surface area contributed by atoms with Crippen molar-refractivity contribution < 1.29 is 14.7 Å². The maximum Gasteiger partial charge on any atom is 0.326 e. The molecule has 7 heteroatoms. The normalized spacial score (nSPS) is 12.3. The Balaban J connectivity index is 2.33. The topological polar surface area (TPSA) is 96.5 Å². The number of aliphatic carboxylic acids is 1. The molecule has 2 aromatic rings. The second-order valence-electron chi connectivity index (χ2n) is 4.16. The fraction of sp³-hybridized carbons (Fsp3) is 0.250. The van der Waals surface area contributed by atoms with Crippen LogP contribution < -0.4 is 5.73 Å². The maximum absolute atomic E-state index is 12.2. The van der Waals surface area contributed by atoms with Crippen LogP contribution in [0.2, 0.25) is 0 Å². The summed E-state index contributed by atoms with van der Waals surface area (Å²) < 4.78 is 0.805. The fourth-order valence-corrected chi connectivity index (χ4v) is 2.39. The van der Waals surface area contributed by atoms with Gasteiger partial charge in [-0.2, -0.15) is 0 Å². The van der Waals surface area contributed by atoms with Gasteiger partial charge in [-0.1, -0.05) is 11.3 Å². The highest BCUT2D eigenvalue weighted by atomic mass is 32.1. The highest BCUT2D eigenvalue weighted by molar-refractivity contribution is 7.22. The number of likely N-dealkylation sites (N-methyl/N-ethyl adjacent to an activating group) is 1. The Hall–Kier alpha value is -2.15. The van der Waals surface area contributed by atoms with Crippen LogP contribution in [0, 0.1) is 0 Å². The number of nitrogen functional groups attached to an aromatic ring is 1. The molecule has 1 heterocycles. The van der Waals surface area contributed by atoms with Crippen molar-refractivity contribution in [2.45, 2.75) is 13.0 Å². The Morgan fingerprint density at radius 1 is 1.47 bits per heavy atom. The highest BCUT2D eigenvalue weighted by Crippen LogP contribution is 2.25. The van der Waals surface area contributed by atoms with Crippen molar-refractivity contribution in [3.63, 3.8) is 0 Å². The number of carbonyl (C=O) groups is 2. The number of carboxylic acids is 1. The Morgan fingerprint density at radius 3 is 2.79 bits per heavy atom. The molecule has 1 amide bonds. The third-order valence-corrected chi connectivity index (χ3v) is 3.76. The Bertz CT molecular complexity index is 653. The minimum Gasteiger partial charge on any atom is -0.480 e. The molecular weight excluding hydrogens is 266 g/mol.